The molecule has 78 heavy (non-hydrogen) atoms. The van der Waals surface area contributed by atoms with Gasteiger partial charge in [0.25, 0.3) is 17.4 Å². The van der Waals surface area contributed by atoms with Crippen molar-refractivity contribution in [3.05, 3.63) is 75.1 Å². The van der Waals surface area contributed by atoms with Gasteiger partial charge in [0.05, 0.1) is 75.1 Å². The predicted molar refractivity (Wildman–Crippen MR) is 278 cm³/mol. The molecule has 4 N–H and O–H groups in total. The highest BCUT2D eigenvalue weighted by Gasteiger charge is 2.52. The van der Waals surface area contributed by atoms with Crippen LogP contribution < -0.4 is 21.5 Å². The lowest BCUT2D eigenvalue weighted by Gasteiger charge is -2.37. The number of likely N-dealkylation sites (tertiary alicyclic amines) is 1. The third-order valence-corrected chi connectivity index (χ3v) is 14.4. The summed E-state index contributed by atoms with van der Waals surface area (Å²) in [4.78, 5) is 138. The van der Waals surface area contributed by atoms with Crippen LogP contribution in [0.1, 0.15) is 108 Å². The first-order valence-corrected chi connectivity index (χ1v) is 26.7. The zero-order chi connectivity index (χ0) is 56.1. The number of hydrogen-bond donors (Lipinski definition) is 4. The minimum absolute atomic E-state index is 0.0650. The van der Waals surface area contributed by atoms with Crippen LogP contribution in [0, 0.1) is 5.92 Å². The number of rotatable bonds is 29. The second-order valence-electron chi connectivity index (χ2n) is 19.8. The number of aryl methyl sites for hydroxylation is 1. The molecule has 0 unspecified atom stereocenters. The van der Waals surface area contributed by atoms with Crippen molar-refractivity contribution in [2.45, 2.75) is 129 Å². The summed E-state index contributed by atoms with van der Waals surface area (Å²) in [6.45, 7) is 8.62. The summed E-state index contributed by atoms with van der Waals surface area (Å²) in [5.41, 5.74) is 1.59. The highest BCUT2D eigenvalue weighted by molar-refractivity contribution is 6.12. The zero-order valence-electron chi connectivity index (χ0n) is 44.6. The Bertz CT molecular complexity index is 2860. The number of imide groups is 1. The average molecular weight is 1080 g/mol. The number of benzene rings is 1. The van der Waals surface area contributed by atoms with Crippen molar-refractivity contribution in [3.63, 3.8) is 0 Å². The molecule has 23 heteroatoms. The van der Waals surface area contributed by atoms with Crippen molar-refractivity contribution in [2.75, 3.05) is 59.3 Å². The number of ether oxygens (including phenoxy) is 5. The Hall–Kier alpha value is -7.37. The van der Waals surface area contributed by atoms with Crippen LogP contribution in [0.4, 0.5) is 0 Å². The Kier molecular flexibility index (Phi) is 20.0. The van der Waals surface area contributed by atoms with Gasteiger partial charge in [-0.25, -0.2) is 14.6 Å². The van der Waals surface area contributed by atoms with Crippen LogP contribution in [0.25, 0.3) is 22.3 Å². The van der Waals surface area contributed by atoms with Crippen molar-refractivity contribution < 1.29 is 71.9 Å². The SMILES string of the molecule is CCc1c2c(nc3ccccc13)-c1cc3c(c(=O)n1C2)COC(=O)[C@@]3(CC)OC(=O)[C@@H](NC(=O)[C@@H]1CCCN1C(=O)[C@H](CC(=O)O)NC(=O)CCOCCOCCOCCNC(=O)CCCCCN1C(=O)C=CC1=O)C(C)C. The molecule has 6 amide bonds. The highest BCUT2D eigenvalue weighted by Crippen LogP contribution is 2.42. The molecule has 0 aliphatic carbocycles. The Morgan fingerprint density at radius 2 is 1.56 bits per heavy atom. The van der Waals surface area contributed by atoms with Crippen molar-refractivity contribution in [3.8, 4) is 11.4 Å². The molecular weight excluding hydrogens is 1010 g/mol. The largest absolute Gasteiger partial charge is 0.481 e. The fraction of sp³-hybridized carbons (Fsp3) is 0.545. The molecule has 0 bridgehead atoms. The fourth-order valence-corrected chi connectivity index (χ4v) is 10.2. The molecule has 6 heterocycles. The standard InChI is InChI=1S/C55H69N7O16/c1-5-34-35-13-9-10-14-39(35)58-49-36(34)31-62-42(49)29-38-37(51(62)70)32-77-54(73)55(38,6-2)78-53(72)48(33(3)4)59-50(69)41-15-12-22-60(41)52(71)40(30-47(67)68)57-44(64)19-23-74-25-27-76-28-26-75-24-20-56-43(63)16-8-7-11-21-61-45(65)17-18-46(61)66/h9-10,13-14,17-18,29,33,40-41,48H,5-8,11-12,15-16,19-28,30-32H2,1-4H3,(H,56,63)(H,57,64)(H,59,69)(H,67,68)/t40-,41-,48-,55-/m0/s1. The van der Waals surface area contributed by atoms with Gasteiger partial charge in [-0.2, -0.15) is 0 Å². The maximum Gasteiger partial charge on any atom is 0.355 e. The molecule has 1 aromatic carbocycles. The number of aromatic nitrogens is 2. The number of unbranched alkanes of at least 4 members (excludes halogenated alkanes) is 2. The van der Waals surface area contributed by atoms with Gasteiger partial charge < -0.3 is 54.2 Å². The van der Waals surface area contributed by atoms with Gasteiger partial charge in [-0.1, -0.05) is 52.3 Å². The van der Waals surface area contributed by atoms with Gasteiger partial charge in [0, 0.05) is 61.1 Å². The van der Waals surface area contributed by atoms with E-state index >= 15 is 0 Å². The molecule has 7 rings (SSSR count). The van der Waals surface area contributed by atoms with E-state index in [2.05, 4.69) is 16.0 Å². The molecule has 4 aliphatic heterocycles. The normalized spacial score (nSPS) is 18.1. The second-order valence-corrected chi connectivity index (χ2v) is 19.8. The summed E-state index contributed by atoms with van der Waals surface area (Å²) in [5, 5.41) is 18.6. The predicted octanol–water partition coefficient (Wildman–Crippen LogP) is 2.33. The van der Waals surface area contributed by atoms with Crippen LogP contribution in [0.2, 0.25) is 0 Å². The molecule has 3 aromatic rings. The van der Waals surface area contributed by atoms with Gasteiger partial charge in [0.2, 0.25) is 29.2 Å². The number of aliphatic carboxylic acids is 1. The van der Waals surface area contributed by atoms with Crippen LogP contribution >= 0.6 is 0 Å². The van der Waals surface area contributed by atoms with Gasteiger partial charge in [-0.3, -0.25) is 43.3 Å². The average Bonchev–Trinajstić information content (AvgIpc) is 4.33. The van der Waals surface area contributed by atoms with Crippen molar-refractivity contribution in [1.82, 2.24) is 35.3 Å². The van der Waals surface area contributed by atoms with E-state index in [-0.39, 0.29) is 107 Å². The lowest BCUT2D eigenvalue weighted by Crippen LogP contribution is -2.57. The first-order valence-electron chi connectivity index (χ1n) is 26.7. The van der Waals surface area contributed by atoms with E-state index < -0.39 is 77.3 Å². The van der Waals surface area contributed by atoms with Gasteiger partial charge in [-0.05, 0) is 62.1 Å². The van der Waals surface area contributed by atoms with Gasteiger partial charge in [0.15, 0.2) is 0 Å². The van der Waals surface area contributed by atoms with E-state index in [9.17, 15) is 53.1 Å². The minimum atomic E-state index is -2.06. The Morgan fingerprint density at radius 3 is 2.26 bits per heavy atom. The zero-order valence-corrected chi connectivity index (χ0v) is 44.6. The smallest absolute Gasteiger partial charge is 0.355 e. The van der Waals surface area contributed by atoms with Gasteiger partial charge >= 0.3 is 17.9 Å². The molecule has 4 aliphatic rings. The first-order chi connectivity index (χ1) is 37.5. The summed E-state index contributed by atoms with van der Waals surface area (Å²) in [6, 6.07) is 5.36. The van der Waals surface area contributed by atoms with E-state index in [0.29, 0.717) is 63.0 Å². The molecule has 2 aromatic heterocycles. The first kappa shape index (κ1) is 58.3. The Morgan fingerprint density at radius 1 is 0.859 bits per heavy atom. The number of carbonyl (C=O) groups is 9. The minimum Gasteiger partial charge on any atom is -0.481 e. The summed E-state index contributed by atoms with van der Waals surface area (Å²) in [7, 11) is 0. The summed E-state index contributed by atoms with van der Waals surface area (Å²) < 4.78 is 29.7. The maximum atomic E-state index is 14.4. The van der Waals surface area contributed by atoms with Crippen LogP contribution in [0.15, 0.2) is 47.3 Å². The number of carboxylic acid groups (broad SMARTS) is 1. The highest BCUT2D eigenvalue weighted by atomic mass is 16.6. The number of carboxylic acids is 1. The third kappa shape index (κ3) is 13.5. The lowest BCUT2D eigenvalue weighted by atomic mass is 9.85. The number of cyclic esters (lactones) is 1. The summed E-state index contributed by atoms with van der Waals surface area (Å²) in [5.74, 6) is -6.80. The van der Waals surface area contributed by atoms with Gasteiger partial charge in [-0.15, -0.1) is 0 Å². The molecule has 0 saturated carbocycles. The lowest BCUT2D eigenvalue weighted by molar-refractivity contribution is -0.191. The number of nitrogens with zero attached hydrogens (tertiary/aromatic N) is 4. The molecule has 0 spiro atoms. The number of hydrogen-bond acceptors (Lipinski definition) is 16. The molecular formula is C55H69N7O16. The molecule has 23 nitrogen and oxygen atoms in total. The van der Waals surface area contributed by atoms with E-state index in [0.717, 1.165) is 22.0 Å². The van der Waals surface area contributed by atoms with E-state index in [4.69, 9.17) is 28.7 Å². The fourth-order valence-electron chi connectivity index (χ4n) is 10.2. The molecule has 1 fully saturated rings. The molecule has 0 radical (unpaired) electrons. The van der Waals surface area contributed by atoms with Crippen LogP contribution in [0.3, 0.4) is 0 Å². The topological polar surface area (TPSA) is 297 Å². The number of pyridine rings is 2. The third-order valence-electron chi connectivity index (χ3n) is 14.4. The Balaban J connectivity index is 0.855. The van der Waals surface area contributed by atoms with Crippen LogP contribution in [-0.4, -0.2) is 155 Å². The van der Waals surface area contributed by atoms with Crippen molar-refractivity contribution in [1.29, 1.82) is 0 Å². The van der Waals surface area contributed by atoms with Crippen molar-refractivity contribution in [2.24, 2.45) is 5.92 Å². The van der Waals surface area contributed by atoms with Crippen LogP contribution in [0.5, 0.6) is 0 Å². The quantitative estimate of drug-likeness (QED) is 0.0345. The number of amides is 6. The van der Waals surface area contributed by atoms with E-state index in [1.807, 2.05) is 31.2 Å². The summed E-state index contributed by atoms with van der Waals surface area (Å²) >= 11 is 0. The monoisotopic (exact) mass is 1080 g/mol. The van der Waals surface area contributed by atoms with Gasteiger partial charge in [0.1, 0.15) is 24.7 Å². The van der Waals surface area contributed by atoms with Crippen LogP contribution in [-0.2, 0) is 92.0 Å². The molecule has 1 saturated heterocycles. The number of fused-ring (bicyclic) bond motifs is 5. The van der Waals surface area contributed by atoms with Crippen molar-refractivity contribution >= 4 is 64.3 Å². The van der Waals surface area contributed by atoms with E-state index in [1.165, 1.54) is 22.0 Å². The number of nitrogens with one attached hydrogen (secondary N) is 3. The number of carbonyl (C=O) groups excluding carboxylic acids is 8. The number of para-hydroxylation sites is 1. The number of esters is 2. The Labute approximate surface area is 450 Å². The molecule has 420 valence electrons. The maximum absolute atomic E-state index is 14.4. The second kappa shape index (κ2) is 26.8. The summed E-state index contributed by atoms with van der Waals surface area (Å²) in [6.07, 6.45) is 4.86. The van der Waals surface area contributed by atoms with E-state index in [1.54, 1.807) is 31.4 Å². The molecule has 4 atom stereocenters.